The minimum absolute atomic E-state index is 1.06. The third-order valence-corrected chi connectivity index (χ3v) is 4.59. The first-order chi connectivity index (χ1) is 10.2. The van der Waals surface area contributed by atoms with E-state index in [-0.39, 0.29) is 0 Å². The number of halogens is 2. The van der Waals surface area contributed by atoms with Gasteiger partial charge in [0.05, 0.1) is 19.5 Å². The summed E-state index contributed by atoms with van der Waals surface area (Å²) in [6, 6.07) is 0. The molecule has 0 saturated carbocycles. The van der Waals surface area contributed by atoms with E-state index in [1.807, 2.05) is 21.8 Å². The lowest BCUT2D eigenvalue weighted by atomic mass is 10.1. The summed E-state index contributed by atoms with van der Waals surface area (Å²) in [5.74, 6) is 0. The first kappa shape index (κ1) is 17.2. The highest BCUT2D eigenvalue weighted by Gasteiger charge is 1.97. The highest BCUT2D eigenvalue weighted by Crippen LogP contribution is 2.10. The van der Waals surface area contributed by atoms with Crippen LogP contribution in [0, 0.1) is 7.14 Å². The fraction of sp³-hybridized carbons (Fsp3) is 0.600. The number of aromatic nitrogens is 4. The molecule has 2 heterocycles. The van der Waals surface area contributed by atoms with Crippen LogP contribution in [0.15, 0.2) is 24.8 Å². The molecule has 0 aromatic carbocycles. The Bertz CT molecular complexity index is 475. The second-order valence-corrected chi connectivity index (χ2v) is 7.81. The first-order valence-corrected chi connectivity index (χ1v) is 9.76. The molecule has 0 aliphatic heterocycles. The quantitative estimate of drug-likeness (QED) is 0.342. The number of hydrogen-bond donors (Lipinski definition) is 0. The van der Waals surface area contributed by atoms with E-state index < -0.39 is 0 Å². The topological polar surface area (TPSA) is 35.6 Å². The van der Waals surface area contributed by atoms with Crippen molar-refractivity contribution in [1.29, 1.82) is 0 Å². The molecule has 0 saturated heterocycles. The van der Waals surface area contributed by atoms with Crippen molar-refractivity contribution >= 4 is 45.2 Å². The van der Waals surface area contributed by atoms with Crippen molar-refractivity contribution in [2.45, 2.75) is 58.0 Å². The van der Waals surface area contributed by atoms with Gasteiger partial charge < -0.3 is 0 Å². The molecule has 0 amide bonds. The number of rotatable bonds is 10. The smallest absolute Gasteiger partial charge is 0.0623 e. The molecule has 0 spiro atoms. The van der Waals surface area contributed by atoms with Gasteiger partial charge >= 0.3 is 0 Å². The summed E-state index contributed by atoms with van der Waals surface area (Å²) in [6.45, 7) is 2.11. The lowest BCUT2D eigenvalue weighted by Crippen LogP contribution is -1.98. The zero-order valence-electron chi connectivity index (χ0n) is 12.2. The summed E-state index contributed by atoms with van der Waals surface area (Å²) in [4.78, 5) is 0. The molecule has 2 aromatic rings. The fourth-order valence-corrected chi connectivity index (χ4v) is 3.24. The predicted octanol–water partition coefficient (Wildman–Crippen LogP) is 4.72. The van der Waals surface area contributed by atoms with Gasteiger partial charge in [-0.25, -0.2) is 0 Å². The first-order valence-electron chi connectivity index (χ1n) is 7.60. The normalized spacial score (nSPS) is 11.1. The standard InChI is InChI=1S/C15H22I2N4/c16-14-10-18-20(12-14)8-6-4-2-1-3-5-7-9-21-13-15(17)11-19-21/h10-13H,1-9H2. The molecule has 0 unspecified atom stereocenters. The average Bonchev–Trinajstić information content (AvgIpc) is 3.06. The van der Waals surface area contributed by atoms with Crippen molar-refractivity contribution in [1.82, 2.24) is 19.6 Å². The van der Waals surface area contributed by atoms with E-state index in [0.29, 0.717) is 0 Å². The highest BCUT2D eigenvalue weighted by molar-refractivity contribution is 14.1. The molecule has 2 aromatic heterocycles. The largest absolute Gasteiger partial charge is 0.272 e. The van der Waals surface area contributed by atoms with E-state index in [4.69, 9.17) is 0 Å². The molecule has 0 aliphatic carbocycles. The van der Waals surface area contributed by atoms with Crippen molar-refractivity contribution in [3.8, 4) is 0 Å². The van der Waals surface area contributed by atoms with E-state index in [1.165, 1.54) is 52.1 Å². The van der Waals surface area contributed by atoms with Gasteiger partial charge in [-0.3, -0.25) is 9.36 Å². The van der Waals surface area contributed by atoms with Gasteiger partial charge in [-0.2, -0.15) is 10.2 Å². The summed E-state index contributed by atoms with van der Waals surface area (Å²) in [7, 11) is 0. The van der Waals surface area contributed by atoms with Crippen LogP contribution in [-0.2, 0) is 13.1 Å². The maximum absolute atomic E-state index is 4.30. The van der Waals surface area contributed by atoms with Gasteiger partial charge in [-0.1, -0.05) is 32.1 Å². The third-order valence-electron chi connectivity index (χ3n) is 3.48. The lowest BCUT2D eigenvalue weighted by Gasteiger charge is -2.03. The maximum atomic E-state index is 4.30. The summed E-state index contributed by atoms with van der Waals surface area (Å²) < 4.78 is 6.54. The summed E-state index contributed by atoms with van der Waals surface area (Å²) in [5.41, 5.74) is 0. The Morgan fingerprint density at radius 2 is 1.05 bits per heavy atom. The lowest BCUT2D eigenvalue weighted by molar-refractivity contribution is 0.502. The predicted molar refractivity (Wildman–Crippen MR) is 102 cm³/mol. The highest BCUT2D eigenvalue weighted by atomic mass is 127. The van der Waals surface area contributed by atoms with Crippen LogP contribution >= 0.6 is 45.2 Å². The Labute approximate surface area is 154 Å². The van der Waals surface area contributed by atoms with Gasteiger partial charge in [0.25, 0.3) is 0 Å². The van der Waals surface area contributed by atoms with E-state index >= 15 is 0 Å². The van der Waals surface area contributed by atoms with Gasteiger partial charge in [0.2, 0.25) is 0 Å². The summed E-state index contributed by atoms with van der Waals surface area (Å²) in [5, 5.41) is 8.61. The summed E-state index contributed by atoms with van der Waals surface area (Å²) >= 11 is 4.61. The minimum Gasteiger partial charge on any atom is -0.272 e. The van der Waals surface area contributed by atoms with Crippen molar-refractivity contribution in [2.75, 3.05) is 0 Å². The molecule has 4 nitrogen and oxygen atoms in total. The van der Waals surface area contributed by atoms with Gasteiger partial charge in [0.1, 0.15) is 0 Å². The number of hydrogen-bond acceptors (Lipinski definition) is 2. The minimum atomic E-state index is 1.06. The Hall–Kier alpha value is -0.120. The van der Waals surface area contributed by atoms with Gasteiger partial charge in [-0.15, -0.1) is 0 Å². The number of nitrogens with zero attached hydrogens (tertiary/aromatic N) is 4. The van der Waals surface area contributed by atoms with Crippen LogP contribution in [0.4, 0.5) is 0 Å². The molecule has 21 heavy (non-hydrogen) atoms. The van der Waals surface area contributed by atoms with Crippen molar-refractivity contribution in [2.24, 2.45) is 0 Å². The van der Waals surface area contributed by atoms with Crippen molar-refractivity contribution < 1.29 is 0 Å². The Morgan fingerprint density at radius 3 is 1.38 bits per heavy atom. The van der Waals surface area contributed by atoms with Gasteiger partial charge in [0.15, 0.2) is 0 Å². The van der Waals surface area contributed by atoms with Crippen molar-refractivity contribution in [3.05, 3.63) is 31.9 Å². The second kappa shape index (κ2) is 9.81. The number of unbranched alkanes of at least 4 members (excludes halogenated alkanes) is 6. The van der Waals surface area contributed by atoms with E-state index in [9.17, 15) is 0 Å². The van der Waals surface area contributed by atoms with Crippen molar-refractivity contribution in [3.63, 3.8) is 0 Å². The average molecular weight is 512 g/mol. The van der Waals surface area contributed by atoms with Crippen LogP contribution in [0.5, 0.6) is 0 Å². The second-order valence-electron chi connectivity index (χ2n) is 5.32. The van der Waals surface area contributed by atoms with Crippen LogP contribution in [0.25, 0.3) is 0 Å². The fourth-order valence-electron chi connectivity index (χ4n) is 2.35. The molecule has 0 N–H and O–H groups in total. The van der Waals surface area contributed by atoms with Gasteiger partial charge in [-0.05, 0) is 58.0 Å². The van der Waals surface area contributed by atoms with Crippen LogP contribution < -0.4 is 0 Å². The van der Waals surface area contributed by atoms with Crippen LogP contribution in [0.3, 0.4) is 0 Å². The van der Waals surface area contributed by atoms with E-state index in [0.717, 1.165) is 13.1 Å². The molecule has 0 bridgehead atoms. The number of aryl methyl sites for hydroxylation is 2. The van der Waals surface area contributed by atoms with Crippen LogP contribution in [0.1, 0.15) is 44.9 Å². The van der Waals surface area contributed by atoms with Gasteiger partial charge in [0, 0.05) is 25.5 Å². The van der Waals surface area contributed by atoms with Crippen LogP contribution in [0.2, 0.25) is 0 Å². The van der Waals surface area contributed by atoms with E-state index in [2.05, 4.69) is 67.8 Å². The zero-order chi connectivity index (χ0) is 14.9. The molecule has 0 fully saturated rings. The Balaban J connectivity index is 1.40. The monoisotopic (exact) mass is 512 g/mol. The Kier molecular flexibility index (Phi) is 8.05. The molecule has 0 atom stereocenters. The van der Waals surface area contributed by atoms with Crippen LogP contribution in [-0.4, -0.2) is 19.6 Å². The Morgan fingerprint density at radius 1 is 0.667 bits per heavy atom. The molecule has 2 rings (SSSR count). The molecule has 116 valence electrons. The zero-order valence-corrected chi connectivity index (χ0v) is 16.5. The summed E-state index contributed by atoms with van der Waals surface area (Å²) in [6.07, 6.45) is 17.2. The molecule has 6 heteroatoms. The molecule has 0 radical (unpaired) electrons. The van der Waals surface area contributed by atoms with E-state index in [1.54, 1.807) is 0 Å². The third kappa shape index (κ3) is 7.12. The molecular weight excluding hydrogens is 490 g/mol. The maximum Gasteiger partial charge on any atom is 0.0623 e. The molecular formula is C15H22I2N4. The SMILES string of the molecule is Ic1cnn(CCCCCCCCCn2cc(I)cn2)c1. The molecule has 0 aliphatic rings.